The fourth-order valence-electron chi connectivity index (χ4n) is 3.02. The summed E-state index contributed by atoms with van der Waals surface area (Å²) < 4.78 is 11.4. The Hall–Kier alpha value is -2.02. The van der Waals surface area contributed by atoms with Gasteiger partial charge in [-0.2, -0.15) is 0 Å². The molecule has 3 rings (SSSR count). The molecular weight excluding hydrogens is 413 g/mol. The highest BCUT2D eigenvalue weighted by molar-refractivity contribution is 5.85. The van der Waals surface area contributed by atoms with Gasteiger partial charge in [0.2, 0.25) is 5.91 Å². The van der Waals surface area contributed by atoms with Crippen LogP contribution >= 0.6 is 24.8 Å². The second kappa shape index (κ2) is 11.9. The van der Waals surface area contributed by atoms with Crippen LogP contribution in [0.3, 0.4) is 0 Å². The molecule has 1 amide bonds. The van der Waals surface area contributed by atoms with E-state index >= 15 is 0 Å². The van der Waals surface area contributed by atoms with Gasteiger partial charge >= 0.3 is 0 Å². The Morgan fingerprint density at radius 2 is 1.86 bits per heavy atom. The molecule has 1 aliphatic heterocycles. The molecule has 2 aromatic rings. The van der Waals surface area contributed by atoms with Crippen molar-refractivity contribution in [2.75, 3.05) is 20.2 Å². The standard InChI is InChI=1S/C21H27N3O3.2ClH/c1-14(18-11-23-12-18)21(25)24-15(2)17-4-5-19(20(10-17)26-3)27-13-16-6-8-22-9-7-16;;/h4-10,14-15,18,23H,11-13H2,1-3H3,(H,24,25);2*1H. The molecule has 2 unspecified atom stereocenters. The molecule has 29 heavy (non-hydrogen) atoms. The smallest absolute Gasteiger partial charge is 0.223 e. The molecule has 1 aromatic heterocycles. The van der Waals surface area contributed by atoms with E-state index in [4.69, 9.17) is 9.47 Å². The summed E-state index contributed by atoms with van der Waals surface area (Å²) in [6, 6.07) is 9.50. The van der Waals surface area contributed by atoms with Gasteiger partial charge in [-0.15, -0.1) is 24.8 Å². The zero-order chi connectivity index (χ0) is 19.2. The SMILES string of the molecule is COc1cc(C(C)NC(=O)C(C)C2CNC2)ccc1OCc1ccncc1.Cl.Cl. The number of carbonyl (C=O) groups is 1. The quantitative estimate of drug-likeness (QED) is 0.655. The van der Waals surface area contributed by atoms with E-state index in [9.17, 15) is 4.79 Å². The second-order valence-corrected chi connectivity index (χ2v) is 6.99. The van der Waals surface area contributed by atoms with E-state index in [-0.39, 0.29) is 42.7 Å². The summed E-state index contributed by atoms with van der Waals surface area (Å²) in [5.74, 6) is 1.85. The zero-order valence-electron chi connectivity index (χ0n) is 16.9. The highest BCUT2D eigenvalue weighted by Crippen LogP contribution is 2.31. The van der Waals surface area contributed by atoms with Crippen molar-refractivity contribution >= 4 is 30.7 Å². The summed E-state index contributed by atoms with van der Waals surface area (Å²) in [7, 11) is 1.62. The fraction of sp³-hybridized carbons (Fsp3) is 0.429. The third kappa shape index (κ3) is 6.49. The van der Waals surface area contributed by atoms with Crippen LogP contribution in [0.5, 0.6) is 11.5 Å². The first-order valence-corrected chi connectivity index (χ1v) is 9.29. The van der Waals surface area contributed by atoms with Crippen LogP contribution in [0.25, 0.3) is 0 Å². The molecule has 1 fully saturated rings. The van der Waals surface area contributed by atoms with Crippen molar-refractivity contribution in [2.45, 2.75) is 26.5 Å². The molecule has 6 nitrogen and oxygen atoms in total. The first-order chi connectivity index (χ1) is 13.1. The van der Waals surface area contributed by atoms with Gasteiger partial charge in [-0.25, -0.2) is 0 Å². The zero-order valence-corrected chi connectivity index (χ0v) is 18.5. The average molecular weight is 442 g/mol. The van der Waals surface area contributed by atoms with Gasteiger partial charge in [-0.1, -0.05) is 13.0 Å². The lowest BCUT2D eigenvalue weighted by molar-refractivity contribution is -0.127. The van der Waals surface area contributed by atoms with Crippen molar-refractivity contribution in [3.05, 3.63) is 53.9 Å². The van der Waals surface area contributed by atoms with E-state index in [1.807, 2.05) is 44.2 Å². The van der Waals surface area contributed by atoms with Crippen molar-refractivity contribution < 1.29 is 14.3 Å². The molecule has 2 heterocycles. The molecular formula is C21H29Cl2N3O3. The highest BCUT2D eigenvalue weighted by atomic mass is 35.5. The number of carbonyl (C=O) groups excluding carboxylic acids is 1. The maximum atomic E-state index is 12.4. The number of hydrogen-bond donors (Lipinski definition) is 2. The molecule has 0 bridgehead atoms. The van der Waals surface area contributed by atoms with Crippen LogP contribution in [0.2, 0.25) is 0 Å². The lowest BCUT2D eigenvalue weighted by Gasteiger charge is -2.32. The number of nitrogens with zero attached hydrogens (tertiary/aromatic N) is 1. The average Bonchev–Trinajstić information content (AvgIpc) is 2.65. The second-order valence-electron chi connectivity index (χ2n) is 6.99. The minimum Gasteiger partial charge on any atom is -0.493 e. The minimum atomic E-state index is -0.101. The number of methoxy groups -OCH3 is 1. The fourth-order valence-corrected chi connectivity index (χ4v) is 3.02. The van der Waals surface area contributed by atoms with Crippen LogP contribution < -0.4 is 20.1 Å². The number of ether oxygens (including phenoxy) is 2. The van der Waals surface area contributed by atoms with Crippen LogP contribution in [0.4, 0.5) is 0 Å². The van der Waals surface area contributed by atoms with E-state index in [0.717, 1.165) is 24.2 Å². The van der Waals surface area contributed by atoms with Crippen LogP contribution in [0.1, 0.15) is 31.0 Å². The number of aromatic nitrogens is 1. The number of pyridine rings is 1. The normalized spacial score (nSPS) is 15.0. The number of rotatable bonds is 8. The molecule has 1 aromatic carbocycles. The highest BCUT2D eigenvalue weighted by Gasteiger charge is 2.29. The number of benzene rings is 1. The Bertz CT molecular complexity index is 773. The van der Waals surface area contributed by atoms with E-state index in [1.54, 1.807) is 19.5 Å². The Morgan fingerprint density at radius 3 is 2.45 bits per heavy atom. The van der Waals surface area contributed by atoms with Crippen molar-refractivity contribution in [1.29, 1.82) is 0 Å². The lowest BCUT2D eigenvalue weighted by atomic mass is 9.88. The molecule has 0 spiro atoms. The molecule has 2 atom stereocenters. The predicted molar refractivity (Wildman–Crippen MR) is 118 cm³/mol. The summed E-state index contributed by atoms with van der Waals surface area (Å²) in [6.45, 7) is 6.25. The first-order valence-electron chi connectivity index (χ1n) is 9.29. The van der Waals surface area contributed by atoms with Gasteiger partial charge in [-0.3, -0.25) is 9.78 Å². The lowest BCUT2D eigenvalue weighted by Crippen LogP contribution is -2.49. The third-order valence-corrected chi connectivity index (χ3v) is 5.12. The molecule has 1 saturated heterocycles. The van der Waals surface area contributed by atoms with E-state index in [2.05, 4.69) is 15.6 Å². The first kappa shape index (κ1) is 25.0. The summed E-state index contributed by atoms with van der Waals surface area (Å²) in [4.78, 5) is 16.4. The molecule has 8 heteroatoms. The summed E-state index contributed by atoms with van der Waals surface area (Å²) in [5.41, 5.74) is 2.02. The van der Waals surface area contributed by atoms with Gasteiger partial charge in [-0.05, 0) is 61.3 Å². The number of nitrogens with one attached hydrogen (secondary N) is 2. The number of hydrogen-bond acceptors (Lipinski definition) is 5. The largest absolute Gasteiger partial charge is 0.493 e. The number of amides is 1. The topological polar surface area (TPSA) is 72.5 Å². The van der Waals surface area contributed by atoms with E-state index in [1.165, 1.54) is 0 Å². The van der Waals surface area contributed by atoms with Gasteiger partial charge in [0.1, 0.15) is 6.61 Å². The van der Waals surface area contributed by atoms with Crippen LogP contribution in [-0.4, -0.2) is 31.1 Å². The van der Waals surface area contributed by atoms with Gasteiger partial charge in [0.25, 0.3) is 0 Å². The Morgan fingerprint density at radius 1 is 1.17 bits per heavy atom. The predicted octanol–water partition coefficient (Wildman–Crippen LogP) is 3.55. The maximum Gasteiger partial charge on any atom is 0.223 e. The van der Waals surface area contributed by atoms with Crippen LogP contribution in [0, 0.1) is 11.8 Å². The van der Waals surface area contributed by atoms with Crippen molar-refractivity contribution in [3.8, 4) is 11.5 Å². The summed E-state index contributed by atoms with van der Waals surface area (Å²) in [5, 5.41) is 6.32. The Labute approximate surface area is 184 Å². The molecule has 160 valence electrons. The molecule has 2 N–H and O–H groups in total. The van der Waals surface area contributed by atoms with E-state index < -0.39 is 0 Å². The van der Waals surface area contributed by atoms with Gasteiger partial charge < -0.3 is 20.1 Å². The monoisotopic (exact) mass is 441 g/mol. The van der Waals surface area contributed by atoms with Crippen molar-refractivity contribution in [1.82, 2.24) is 15.6 Å². The molecule has 0 aliphatic carbocycles. The Balaban J connectivity index is 0.00000210. The molecule has 0 radical (unpaired) electrons. The summed E-state index contributed by atoms with van der Waals surface area (Å²) >= 11 is 0. The molecule has 0 saturated carbocycles. The number of halogens is 2. The Kier molecular flexibility index (Phi) is 10.2. The van der Waals surface area contributed by atoms with Crippen molar-refractivity contribution in [2.24, 2.45) is 11.8 Å². The van der Waals surface area contributed by atoms with E-state index in [0.29, 0.717) is 24.0 Å². The van der Waals surface area contributed by atoms with Gasteiger partial charge in [0.05, 0.1) is 13.2 Å². The van der Waals surface area contributed by atoms with Gasteiger partial charge in [0.15, 0.2) is 11.5 Å². The van der Waals surface area contributed by atoms with Crippen LogP contribution in [0.15, 0.2) is 42.7 Å². The maximum absolute atomic E-state index is 12.4. The molecule has 1 aliphatic rings. The summed E-state index contributed by atoms with van der Waals surface area (Å²) in [6.07, 6.45) is 3.48. The van der Waals surface area contributed by atoms with Crippen molar-refractivity contribution in [3.63, 3.8) is 0 Å². The van der Waals surface area contributed by atoms with Gasteiger partial charge in [0, 0.05) is 18.3 Å². The van der Waals surface area contributed by atoms with Crippen LogP contribution in [-0.2, 0) is 11.4 Å². The minimum absolute atomic E-state index is 0. The third-order valence-electron chi connectivity index (χ3n) is 5.12.